The molecule has 2 aromatic heterocycles. The maximum Gasteiger partial charge on any atom is 0.253 e. The summed E-state index contributed by atoms with van der Waals surface area (Å²) in [5, 5.41) is 7.82. The van der Waals surface area contributed by atoms with Crippen LogP contribution in [0.4, 0.5) is 11.5 Å². The van der Waals surface area contributed by atoms with Crippen molar-refractivity contribution in [3.8, 4) is 0 Å². The molecule has 3 aromatic rings. The van der Waals surface area contributed by atoms with Gasteiger partial charge in [0.05, 0.1) is 5.52 Å². The zero-order chi connectivity index (χ0) is 19.7. The van der Waals surface area contributed by atoms with Gasteiger partial charge in [0.2, 0.25) is 0 Å². The summed E-state index contributed by atoms with van der Waals surface area (Å²) >= 11 is 3.54. The molecule has 0 saturated carbocycles. The number of benzene rings is 1. The zero-order valence-corrected chi connectivity index (χ0v) is 17.7. The molecule has 1 saturated heterocycles. The van der Waals surface area contributed by atoms with Gasteiger partial charge in [-0.2, -0.15) is 5.10 Å². The molecule has 0 bridgehead atoms. The third kappa shape index (κ3) is 3.91. The highest BCUT2D eigenvalue weighted by atomic mass is 79.9. The molecule has 4 rings (SSSR count). The Bertz CT molecular complexity index is 976. The fraction of sp³-hybridized carbons (Fsp3) is 0.333. The molecule has 0 radical (unpaired) electrons. The highest BCUT2D eigenvalue weighted by molar-refractivity contribution is 9.10. The van der Waals surface area contributed by atoms with Gasteiger partial charge in [-0.3, -0.25) is 4.79 Å². The van der Waals surface area contributed by atoms with Crippen molar-refractivity contribution in [3.63, 3.8) is 0 Å². The van der Waals surface area contributed by atoms with Gasteiger partial charge in [0.1, 0.15) is 0 Å². The molecule has 3 heterocycles. The minimum atomic E-state index is 0.0813. The quantitative estimate of drug-likeness (QED) is 0.664. The topological polar surface area (TPSA) is 52.9 Å². The normalized spacial score (nSPS) is 15.7. The number of nitrogens with one attached hydrogen (secondary N) is 1. The molecule has 7 heteroatoms. The van der Waals surface area contributed by atoms with Crippen LogP contribution in [0, 0.1) is 0 Å². The first kappa shape index (κ1) is 19.0. The lowest BCUT2D eigenvalue weighted by Gasteiger charge is -2.35. The van der Waals surface area contributed by atoms with Crippen LogP contribution < -0.4 is 5.32 Å². The minimum Gasteiger partial charge on any atom is -0.339 e. The summed E-state index contributed by atoms with van der Waals surface area (Å²) < 4.78 is 2.81. The van der Waals surface area contributed by atoms with Gasteiger partial charge in [0, 0.05) is 41.1 Å². The van der Waals surface area contributed by atoms with Gasteiger partial charge in [-0.1, -0.05) is 0 Å². The van der Waals surface area contributed by atoms with Crippen molar-refractivity contribution >= 4 is 38.9 Å². The molecular weight excluding hydrogens is 418 g/mol. The van der Waals surface area contributed by atoms with Gasteiger partial charge in [-0.05, 0) is 85.3 Å². The third-order valence-electron chi connectivity index (χ3n) is 5.41. The number of carbonyl (C=O) groups excluding carboxylic acids is 1. The number of anilines is 2. The van der Waals surface area contributed by atoms with Crippen LogP contribution >= 0.6 is 15.9 Å². The second kappa shape index (κ2) is 7.93. The standard InChI is InChI=1S/C21H24BrN5O/c1-25-12-9-17(10-13-25)26(2)21(28)15-5-7-16(8-6-15)23-20-14-19-18(22)4-3-11-27(19)24-20/h3-8,11,14,17H,9-10,12-13H2,1-2H3,(H,23,24). The van der Waals surface area contributed by atoms with E-state index in [0.29, 0.717) is 11.6 Å². The predicted octanol–water partition coefficient (Wildman–Crippen LogP) is 4.01. The number of carbonyl (C=O) groups is 1. The fourth-order valence-electron chi connectivity index (χ4n) is 3.64. The van der Waals surface area contributed by atoms with Gasteiger partial charge in [0.15, 0.2) is 5.82 Å². The molecule has 1 aliphatic heterocycles. The second-order valence-electron chi connectivity index (χ2n) is 7.37. The number of rotatable bonds is 4. The monoisotopic (exact) mass is 441 g/mol. The number of aromatic nitrogens is 2. The average molecular weight is 442 g/mol. The molecule has 1 amide bonds. The second-order valence-corrected chi connectivity index (χ2v) is 8.22. The van der Waals surface area contributed by atoms with Gasteiger partial charge >= 0.3 is 0 Å². The van der Waals surface area contributed by atoms with Crippen molar-refractivity contribution in [2.24, 2.45) is 0 Å². The molecule has 1 fully saturated rings. The number of piperidine rings is 1. The van der Waals surface area contributed by atoms with Crippen molar-refractivity contribution in [2.45, 2.75) is 18.9 Å². The Morgan fingerprint density at radius 3 is 2.61 bits per heavy atom. The Morgan fingerprint density at radius 1 is 1.21 bits per heavy atom. The van der Waals surface area contributed by atoms with Crippen molar-refractivity contribution < 1.29 is 4.79 Å². The van der Waals surface area contributed by atoms with Crippen LogP contribution in [0.5, 0.6) is 0 Å². The number of hydrogen-bond donors (Lipinski definition) is 1. The van der Waals surface area contributed by atoms with E-state index in [0.717, 1.165) is 47.4 Å². The maximum absolute atomic E-state index is 12.8. The Balaban J connectivity index is 1.44. The van der Waals surface area contributed by atoms with E-state index in [1.165, 1.54) is 0 Å². The first-order valence-corrected chi connectivity index (χ1v) is 10.3. The highest BCUT2D eigenvalue weighted by Gasteiger charge is 2.24. The number of amides is 1. The summed E-state index contributed by atoms with van der Waals surface area (Å²) in [5.74, 6) is 0.840. The van der Waals surface area contributed by atoms with Crippen molar-refractivity contribution in [1.82, 2.24) is 19.4 Å². The van der Waals surface area contributed by atoms with Gasteiger partial charge in [-0.25, -0.2) is 4.52 Å². The summed E-state index contributed by atoms with van der Waals surface area (Å²) in [6, 6.07) is 13.8. The van der Waals surface area contributed by atoms with Crippen LogP contribution in [0.3, 0.4) is 0 Å². The molecule has 6 nitrogen and oxygen atoms in total. The smallest absolute Gasteiger partial charge is 0.253 e. The predicted molar refractivity (Wildman–Crippen MR) is 115 cm³/mol. The van der Waals surface area contributed by atoms with Crippen LogP contribution in [0.2, 0.25) is 0 Å². The lowest BCUT2D eigenvalue weighted by atomic mass is 10.0. The summed E-state index contributed by atoms with van der Waals surface area (Å²) in [6.07, 6.45) is 3.97. The molecule has 0 atom stereocenters. The number of fused-ring (bicyclic) bond motifs is 1. The SMILES string of the molecule is CN1CCC(N(C)C(=O)c2ccc(Nc3cc4c(Br)cccn4n3)cc2)CC1. The van der Waals surface area contributed by atoms with Crippen molar-refractivity contribution in [2.75, 3.05) is 32.5 Å². The first-order valence-electron chi connectivity index (χ1n) is 9.48. The van der Waals surface area contributed by atoms with Crippen molar-refractivity contribution in [1.29, 1.82) is 0 Å². The van der Waals surface area contributed by atoms with Crippen LogP contribution in [0.25, 0.3) is 5.52 Å². The Morgan fingerprint density at radius 2 is 1.93 bits per heavy atom. The van der Waals surface area contributed by atoms with E-state index in [4.69, 9.17) is 0 Å². The van der Waals surface area contributed by atoms with E-state index in [2.05, 4.69) is 38.3 Å². The Kier molecular flexibility index (Phi) is 5.37. The largest absolute Gasteiger partial charge is 0.339 e. The Labute approximate surface area is 173 Å². The lowest BCUT2D eigenvalue weighted by Crippen LogP contribution is -2.44. The van der Waals surface area contributed by atoms with E-state index in [1.807, 2.05) is 65.1 Å². The number of pyridine rings is 1. The first-order chi connectivity index (χ1) is 13.5. The molecule has 1 aliphatic rings. The molecule has 1 N–H and O–H groups in total. The van der Waals surface area contributed by atoms with E-state index in [1.54, 1.807) is 0 Å². The van der Waals surface area contributed by atoms with Crippen LogP contribution in [0.15, 0.2) is 53.1 Å². The average Bonchev–Trinajstić information content (AvgIpc) is 3.12. The molecule has 0 spiro atoms. The summed E-state index contributed by atoms with van der Waals surface area (Å²) in [6.45, 7) is 2.08. The number of halogens is 1. The molecule has 0 unspecified atom stereocenters. The van der Waals surface area contributed by atoms with Gasteiger partial charge < -0.3 is 15.1 Å². The van der Waals surface area contributed by atoms with Crippen LogP contribution in [0.1, 0.15) is 23.2 Å². The fourth-order valence-corrected chi connectivity index (χ4v) is 4.09. The summed E-state index contributed by atoms with van der Waals surface area (Å²) in [4.78, 5) is 17.0. The molecule has 28 heavy (non-hydrogen) atoms. The Hall–Kier alpha value is -2.38. The van der Waals surface area contributed by atoms with Crippen molar-refractivity contribution in [3.05, 3.63) is 58.7 Å². The van der Waals surface area contributed by atoms with Gasteiger partial charge in [0.25, 0.3) is 5.91 Å². The highest BCUT2D eigenvalue weighted by Crippen LogP contribution is 2.23. The zero-order valence-electron chi connectivity index (χ0n) is 16.1. The maximum atomic E-state index is 12.8. The number of hydrogen-bond acceptors (Lipinski definition) is 4. The van der Waals surface area contributed by atoms with E-state index < -0.39 is 0 Å². The van der Waals surface area contributed by atoms with Gasteiger partial charge in [-0.15, -0.1) is 0 Å². The van der Waals surface area contributed by atoms with E-state index in [9.17, 15) is 4.79 Å². The molecule has 0 aliphatic carbocycles. The summed E-state index contributed by atoms with van der Waals surface area (Å²) in [7, 11) is 4.05. The summed E-state index contributed by atoms with van der Waals surface area (Å²) in [5.41, 5.74) is 2.61. The van der Waals surface area contributed by atoms with Crippen LogP contribution in [-0.2, 0) is 0 Å². The van der Waals surface area contributed by atoms with E-state index >= 15 is 0 Å². The van der Waals surface area contributed by atoms with Crippen LogP contribution in [-0.4, -0.2) is 58.5 Å². The minimum absolute atomic E-state index is 0.0813. The third-order valence-corrected chi connectivity index (χ3v) is 6.08. The molecular formula is C21H24BrN5O. The molecule has 1 aromatic carbocycles. The van der Waals surface area contributed by atoms with E-state index in [-0.39, 0.29) is 5.91 Å². The molecule has 146 valence electrons. The lowest BCUT2D eigenvalue weighted by molar-refractivity contribution is 0.0659. The number of likely N-dealkylation sites (tertiary alicyclic amines) is 1. The number of nitrogens with zero attached hydrogens (tertiary/aromatic N) is 4.